The van der Waals surface area contributed by atoms with Crippen LogP contribution in [0.2, 0.25) is 0 Å². The standard InChI is InChI=1S/C13H11FINO/c14-10-6-5-9(12(16)7-10)8-17-13-4-2-1-3-11(13)15/h1-7H,8,16H2. The first-order valence-corrected chi connectivity index (χ1v) is 6.16. The summed E-state index contributed by atoms with van der Waals surface area (Å²) in [6, 6.07) is 12.0. The van der Waals surface area contributed by atoms with E-state index in [1.807, 2.05) is 24.3 Å². The lowest BCUT2D eigenvalue weighted by Crippen LogP contribution is -2.01. The monoisotopic (exact) mass is 343 g/mol. The minimum absolute atomic E-state index is 0.333. The van der Waals surface area contributed by atoms with Crippen molar-refractivity contribution in [2.45, 2.75) is 6.61 Å². The zero-order valence-electron chi connectivity index (χ0n) is 8.99. The predicted molar refractivity (Wildman–Crippen MR) is 74.3 cm³/mol. The van der Waals surface area contributed by atoms with Crippen molar-refractivity contribution in [3.8, 4) is 5.75 Å². The van der Waals surface area contributed by atoms with Crippen molar-refractivity contribution < 1.29 is 9.13 Å². The Morgan fingerprint density at radius 2 is 1.94 bits per heavy atom. The average Bonchev–Trinajstić information content (AvgIpc) is 2.30. The van der Waals surface area contributed by atoms with Gasteiger partial charge in [0.1, 0.15) is 18.2 Å². The average molecular weight is 343 g/mol. The Bertz CT molecular complexity index is 531. The molecule has 0 aliphatic rings. The normalized spacial score (nSPS) is 10.2. The number of halogens is 2. The van der Waals surface area contributed by atoms with E-state index in [1.54, 1.807) is 6.07 Å². The summed E-state index contributed by atoms with van der Waals surface area (Å²) in [6.45, 7) is 0.339. The van der Waals surface area contributed by atoms with Gasteiger partial charge in [0.05, 0.1) is 3.57 Å². The number of nitrogen functional groups attached to an aromatic ring is 1. The van der Waals surface area contributed by atoms with Gasteiger partial charge in [-0.25, -0.2) is 4.39 Å². The topological polar surface area (TPSA) is 35.2 Å². The summed E-state index contributed by atoms with van der Waals surface area (Å²) in [4.78, 5) is 0. The Morgan fingerprint density at radius 1 is 1.18 bits per heavy atom. The van der Waals surface area contributed by atoms with Gasteiger partial charge in [0.2, 0.25) is 0 Å². The van der Waals surface area contributed by atoms with Gasteiger partial charge in [0, 0.05) is 11.3 Å². The second-order valence-electron chi connectivity index (χ2n) is 3.56. The molecule has 2 aromatic carbocycles. The molecule has 0 aliphatic heterocycles. The van der Waals surface area contributed by atoms with Crippen molar-refractivity contribution >= 4 is 28.3 Å². The highest BCUT2D eigenvalue weighted by Crippen LogP contribution is 2.22. The van der Waals surface area contributed by atoms with E-state index in [9.17, 15) is 4.39 Å². The van der Waals surface area contributed by atoms with Gasteiger partial charge in [-0.1, -0.05) is 18.2 Å². The zero-order valence-corrected chi connectivity index (χ0v) is 11.1. The van der Waals surface area contributed by atoms with Crippen molar-refractivity contribution in [1.29, 1.82) is 0 Å². The number of rotatable bonds is 3. The first-order valence-electron chi connectivity index (χ1n) is 5.08. The molecule has 0 saturated carbocycles. The Labute approximate surface area is 113 Å². The van der Waals surface area contributed by atoms with Crippen molar-refractivity contribution in [3.05, 3.63) is 57.4 Å². The molecule has 0 aromatic heterocycles. The van der Waals surface area contributed by atoms with Crippen LogP contribution in [-0.2, 0) is 6.61 Å². The van der Waals surface area contributed by atoms with Crippen LogP contribution in [0.25, 0.3) is 0 Å². The number of nitrogens with two attached hydrogens (primary N) is 1. The van der Waals surface area contributed by atoms with Crippen LogP contribution < -0.4 is 10.5 Å². The van der Waals surface area contributed by atoms with Gasteiger partial charge in [-0.05, 0) is 46.9 Å². The first kappa shape index (κ1) is 12.2. The molecule has 0 bridgehead atoms. The molecule has 0 amide bonds. The smallest absolute Gasteiger partial charge is 0.133 e. The van der Waals surface area contributed by atoms with Gasteiger partial charge in [-0.15, -0.1) is 0 Å². The van der Waals surface area contributed by atoms with Crippen molar-refractivity contribution in [1.82, 2.24) is 0 Å². The molecule has 0 radical (unpaired) electrons. The van der Waals surface area contributed by atoms with Gasteiger partial charge in [0.25, 0.3) is 0 Å². The molecule has 17 heavy (non-hydrogen) atoms. The number of anilines is 1. The third-order valence-corrected chi connectivity index (χ3v) is 3.22. The molecular weight excluding hydrogens is 332 g/mol. The summed E-state index contributed by atoms with van der Waals surface area (Å²) in [5, 5.41) is 0. The molecule has 2 aromatic rings. The van der Waals surface area contributed by atoms with E-state index in [-0.39, 0.29) is 5.82 Å². The molecule has 0 unspecified atom stereocenters. The molecule has 0 fully saturated rings. The van der Waals surface area contributed by atoms with Crippen LogP contribution in [-0.4, -0.2) is 0 Å². The fourth-order valence-corrected chi connectivity index (χ4v) is 1.96. The molecular formula is C13H11FINO. The second kappa shape index (κ2) is 5.35. The Morgan fingerprint density at radius 3 is 2.65 bits per heavy atom. The summed E-state index contributed by atoms with van der Waals surface area (Å²) in [6.07, 6.45) is 0. The molecule has 0 spiro atoms. The highest BCUT2D eigenvalue weighted by molar-refractivity contribution is 14.1. The summed E-state index contributed by atoms with van der Waals surface area (Å²) in [5.41, 5.74) is 6.90. The third-order valence-electron chi connectivity index (χ3n) is 2.33. The molecule has 0 atom stereocenters. The quantitative estimate of drug-likeness (QED) is 0.683. The lowest BCUT2D eigenvalue weighted by atomic mass is 10.2. The second-order valence-corrected chi connectivity index (χ2v) is 4.72. The summed E-state index contributed by atoms with van der Waals surface area (Å²) in [7, 11) is 0. The molecule has 0 heterocycles. The minimum atomic E-state index is -0.333. The van der Waals surface area contributed by atoms with E-state index >= 15 is 0 Å². The van der Waals surface area contributed by atoms with E-state index < -0.39 is 0 Å². The minimum Gasteiger partial charge on any atom is -0.488 e. The van der Waals surface area contributed by atoms with E-state index in [2.05, 4.69) is 22.6 Å². The van der Waals surface area contributed by atoms with Gasteiger partial charge < -0.3 is 10.5 Å². The molecule has 2 N–H and O–H groups in total. The molecule has 2 rings (SSSR count). The number of benzene rings is 2. The van der Waals surface area contributed by atoms with Crippen molar-refractivity contribution in [2.24, 2.45) is 0 Å². The number of hydrogen-bond donors (Lipinski definition) is 1. The fraction of sp³-hybridized carbons (Fsp3) is 0.0769. The van der Waals surface area contributed by atoms with Crippen LogP contribution in [0.15, 0.2) is 42.5 Å². The maximum absolute atomic E-state index is 12.9. The van der Waals surface area contributed by atoms with E-state index in [0.29, 0.717) is 12.3 Å². The third kappa shape index (κ3) is 3.09. The van der Waals surface area contributed by atoms with Gasteiger partial charge in [-0.3, -0.25) is 0 Å². The largest absolute Gasteiger partial charge is 0.488 e. The zero-order chi connectivity index (χ0) is 12.3. The van der Waals surface area contributed by atoms with Crippen LogP contribution in [0.3, 0.4) is 0 Å². The van der Waals surface area contributed by atoms with E-state index in [1.165, 1.54) is 12.1 Å². The van der Waals surface area contributed by atoms with E-state index in [4.69, 9.17) is 10.5 Å². The molecule has 2 nitrogen and oxygen atoms in total. The maximum Gasteiger partial charge on any atom is 0.133 e. The van der Waals surface area contributed by atoms with Crippen LogP contribution >= 0.6 is 22.6 Å². The Kier molecular flexibility index (Phi) is 3.83. The Hall–Kier alpha value is -1.30. The maximum atomic E-state index is 12.9. The number of hydrogen-bond acceptors (Lipinski definition) is 2. The summed E-state index contributed by atoms with van der Waals surface area (Å²) in [5.74, 6) is 0.470. The fourth-order valence-electron chi connectivity index (χ4n) is 1.41. The van der Waals surface area contributed by atoms with Crippen molar-refractivity contribution in [2.75, 3.05) is 5.73 Å². The van der Waals surface area contributed by atoms with Gasteiger partial charge >= 0.3 is 0 Å². The lowest BCUT2D eigenvalue weighted by molar-refractivity contribution is 0.304. The van der Waals surface area contributed by atoms with Crippen molar-refractivity contribution in [3.63, 3.8) is 0 Å². The highest BCUT2D eigenvalue weighted by Gasteiger charge is 2.03. The number of ether oxygens (including phenoxy) is 1. The molecule has 0 aliphatic carbocycles. The van der Waals surface area contributed by atoms with Crippen LogP contribution in [0.5, 0.6) is 5.75 Å². The molecule has 0 saturated heterocycles. The summed E-state index contributed by atoms with van der Waals surface area (Å²) < 4.78 is 19.5. The van der Waals surface area contributed by atoms with Crippen LogP contribution in [0.4, 0.5) is 10.1 Å². The van der Waals surface area contributed by atoms with Gasteiger partial charge in [-0.2, -0.15) is 0 Å². The number of para-hydroxylation sites is 1. The van der Waals surface area contributed by atoms with Gasteiger partial charge in [0.15, 0.2) is 0 Å². The highest BCUT2D eigenvalue weighted by atomic mass is 127. The predicted octanol–water partition coefficient (Wildman–Crippen LogP) is 3.59. The van der Waals surface area contributed by atoms with Crippen LogP contribution in [0, 0.1) is 9.39 Å². The molecule has 4 heteroatoms. The lowest BCUT2D eigenvalue weighted by Gasteiger charge is -2.09. The summed E-state index contributed by atoms with van der Waals surface area (Å²) >= 11 is 2.20. The van der Waals surface area contributed by atoms with E-state index in [0.717, 1.165) is 14.9 Å². The van der Waals surface area contributed by atoms with Crippen LogP contribution in [0.1, 0.15) is 5.56 Å². The Balaban J connectivity index is 2.10. The molecule has 88 valence electrons. The SMILES string of the molecule is Nc1cc(F)ccc1COc1ccccc1I. The first-order chi connectivity index (χ1) is 8.16.